The molecule has 0 aliphatic rings. The van der Waals surface area contributed by atoms with Crippen LogP contribution in [0.15, 0.2) is 0 Å². The number of hydrogen-bond acceptors (Lipinski definition) is 2. The monoisotopic (exact) mass is 161 g/mol. The van der Waals surface area contributed by atoms with Gasteiger partial charge in [-0.3, -0.25) is 4.70 Å². The molecule has 0 heterocycles. The molecule has 0 radical (unpaired) electrons. The summed E-state index contributed by atoms with van der Waals surface area (Å²) in [5.74, 6) is 0. The molecular weight excluding hydrogens is 154 g/mol. The summed E-state index contributed by atoms with van der Waals surface area (Å²) in [6, 6.07) is 0. The molecule has 0 aromatic carbocycles. The van der Waals surface area contributed by atoms with Crippen molar-refractivity contribution in [1.29, 1.82) is 0 Å². The van der Waals surface area contributed by atoms with Crippen LogP contribution in [-0.4, -0.2) is 27.9 Å². The fourth-order valence-corrected chi connectivity index (χ4v) is 0. The van der Waals surface area contributed by atoms with Crippen LogP contribution >= 0.6 is 0 Å². The molecule has 1 N–H and O–H groups in total. The van der Waals surface area contributed by atoms with Gasteiger partial charge in [-0.15, -0.1) is 10.1 Å². The van der Waals surface area contributed by atoms with E-state index in [1.54, 1.807) is 0 Å². The van der Waals surface area contributed by atoms with E-state index in [-0.39, 0.29) is 22.3 Å². The first kappa shape index (κ1) is 17.3. The minimum absolute atomic E-state index is 0. The summed E-state index contributed by atoms with van der Waals surface area (Å²) in [7, 11) is 0. The van der Waals surface area contributed by atoms with E-state index in [2.05, 4.69) is 0 Å². The molecule has 0 saturated heterocycles. The third kappa shape index (κ3) is 245. The zero-order chi connectivity index (χ0) is 3.58. The van der Waals surface area contributed by atoms with Crippen molar-refractivity contribution in [3.8, 4) is 0 Å². The Hall–Kier alpha value is -0.327. The van der Waals surface area contributed by atoms with Crippen molar-refractivity contribution in [3.05, 3.63) is 10.1 Å². The molecule has 0 unspecified atom stereocenters. The predicted molar refractivity (Wildman–Crippen MR) is 22.6 cm³/mol. The van der Waals surface area contributed by atoms with Crippen molar-refractivity contribution >= 4 is 17.6 Å². The average Bonchev–Trinajstić information content (AvgIpc) is 0.811. The van der Waals surface area contributed by atoms with Crippen LogP contribution in [0.1, 0.15) is 0 Å². The maximum absolute atomic E-state index is 8.36. The molecule has 0 amide bonds. The molecule has 0 aromatic rings. The second kappa shape index (κ2) is 8.82. The first-order valence-corrected chi connectivity index (χ1v) is 0.565. The standard InChI is InChI=1S/FH.GeH4.HNO3/c;;2-1(3)4/h1H;1H4;(H,2,3,4). The van der Waals surface area contributed by atoms with E-state index in [0.29, 0.717) is 0 Å². The molecule has 6 heavy (non-hydrogen) atoms. The summed E-state index contributed by atoms with van der Waals surface area (Å²) in [5.41, 5.74) is 0. The summed E-state index contributed by atoms with van der Waals surface area (Å²) in [6.45, 7) is 0. The van der Waals surface area contributed by atoms with Crippen molar-refractivity contribution in [2.24, 2.45) is 0 Å². The molecule has 4 nitrogen and oxygen atoms in total. The van der Waals surface area contributed by atoms with Gasteiger partial charge in [0.15, 0.2) is 0 Å². The van der Waals surface area contributed by atoms with E-state index in [9.17, 15) is 0 Å². The summed E-state index contributed by atoms with van der Waals surface area (Å²) >= 11 is 0. The van der Waals surface area contributed by atoms with E-state index in [1.165, 1.54) is 0 Å². The van der Waals surface area contributed by atoms with Crippen LogP contribution in [0, 0.1) is 10.1 Å². The van der Waals surface area contributed by atoms with Crippen LogP contribution in [0.3, 0.4) is 0 Å². The van der Waals surface area contributed by atoms with Gasteiger partial charge in [0.2, 0.25) is 0 Å². The van der Waals surface area contributed by atoms with Crippen LogP contribution in [-0.2, 0) is 0 Å². The van der Waals surface area contributed by atoms with Gasteiger partial charge >= 0.3 is 17.6 Å². The second-order valence-electron chi connectivity index (χ2n) is 0.238. The van der Waals surface area contributed by atoms with Gasteiger partial charge in [0.05, 0.1) is 0 Å². The van der Waals surface area contributed by atoms with Gasteiger partial charge < -0.3 is 5.21 Å². The molecule has 0 atom stereocenters. The Morgan fingerprint density at radius 3 is 1.67 bits per heavy atom. The van der Waals surface area contributed by atoms with Crippen LogP contribution in [0.4, 0.5) is 4.70 Å². The molecule has 40 valence electrons. The van der Waals surface area contributed by atoms with Crippen molar-refractivity contribution in [1.82, 2.24) is 0 Å². The van der Waals surface area contributed by atoms with E-state index in [1.807, 2.05) is 0 Å². The fraction of sp³-hybridized carbons (Fsp3) is 0. The second-order valence-corrected chi connectivity index (χ2v) is 0.238. The maximum atomic E-state index is 8.36. The first-order valence-electron chi connectivity index (χ1n) is 0.565. The van der Waals surface area contributed by atoms with E-state index >= 15 is 0 Å². The molecular formula is H6FGeNO3. The fourth-order valence-electron chi connectivity index (χ4n) is 0. The molecule has 0 aliphatic heterocycles. The zero-order valence-electron chi connectivity index (χ0n) is 2.12. The van der Waals surface area contributed by atoms with Crippen molar-refractivity contribution in [3.63, 3.8) is 0 Å². The Morgan fingerprint density at radius 2 is 1.67 bits per heavy atom. The SMILES string of the molecule is F.O=[N+]([O-])O.[GeH4]. The van der Waals surface area contributed by atoms with Crippen LogP contribution in [0.5, 0.6) is 0 Å². The molecule has 0 rings (SSSR count). The van der Waals surface area contributed by atoms with Gasteiger partial charge in [-0.25, -0.2) is 0 Å². The first-order chi connectivity index (χ1) is 1.73. The predicted octanol–water partition coefficient (Wildman–Crippen LogP) is -1.65. The minimum atomic E-state index is -1.50. The summed E-state index contributed by atoms with van der Waals surface area (Å²) in [4.78, 5) is 8.36. The van der Waals surface area contributed by atoms with E-state index in [0.717, 1.165) is 0 Å². The van der Waals surface area contributed by atoms with Crippen LogP contribution in [0.2, 0.25) is 0 Å². The Morgan fingerprint density at radius 1 is 1.67 bits per heavy atom. The molecule has 6 heteroatoms. The molecule has 0 spiro atoms. The Bertz CT molecular complexity index is 33.8. The Balaban J connectivity index is -0.0000000450. The topological polar surface area (TPSA) is 63.4 Å². The van der Waals surface area contributed by atoms with Crippen molar-refractivity contribution in [2.45, 2.75) is 0 Å². The number of rotatable bonds is 0. The van der Waals surface area contributed by atoms with Gasteiger partial charge in [-0.05, 0) is 0 Å². The van der Waals surface area contributed by atoms with Crippen LogP contribution < -0.4 is 0 Å². The van der Waals surface area contributed by atoms with Crippen LogP contribution in [0.25, 0.3) is 0 Å². The van der Waals surface area contributed by atoms with Gasteiger partial charge in [0.25, 0.3) is 5.09 Å². The van der Waals surface area contributed by atoms with Gasteiger partial charge in [-0.2, -0.15) is 0 Å². The zero-order valence-corrected chi connectivity index (χ0v) is 2.12. The number of hydrogen-bond donors (Lipinski definition) is 1. The molecule has 0 saturated carbocycles. The van der Waals surface area contributed by atoms with Gasteiger partial charge in [0, 0.05) is 0 Å². The van der Waals surface area contributed by atoms with E-state index < -0.39 is 5.09 Å². The summed E-state index contributed by atoms with van der Waals surface area (Å²) < 4.78 is 0. The third-order valence-corrected chi connectivity index (χ3v) is 0. The Labute approximate surface area is 43.6 Å². The average molecular weight is 160 g/mol. The molecule has 0 aliphatic carbocycles. The Kier molecular flexibility index (Phi) is 25.5. The quantitative estimate of drug-likeness (QED) is 0.262. The van der Waals surface area contributed by atoms with Gasteiger partial charge in [-0.1, -0.05) is 0 Å². The van der Waals surface area contributed by atoms with Crippen molar-refractivity contribution < 1.29 is 15.0 Å². The third-order valence-electron chi connectivity index (χ3n) is 0. The van der Waals surface area contributed by atoms with Gasteiger partial charge in [0.1, 0.15) is 0 Å². The van der Waals surface area contributed by atoms with E-state index in [4.69, 9.17) is 15.3 Å². The normalized spacial score (nSPS) is 4.00. The number of halogens is 1. The molecule has 0 fully saturated rings. The summed E-state index contributed by atoms with van der Waals surface area (Å²) in [5, 5.41) is 13.6. The molecule has 0 aromatic heterocycles. The summed E-state index contributed by atoms with van der Waals surface area (Å²) in [6.07, 6.45) is 0. The number of nitrogens with zero attached hydrogens (tertiary/aromatic N) is 1. The molecule has 0 bridgehead atoms. The van der Waals surface area contributed by atoms with Crippen molar-refractivity contribution in [2.75, 3.05) is 0 Å².